The van der Waals surface area contributed by atoms with Gasteiger partial charge in [0, 0.05) is 6.04 Å². The smallest absolute Gasteiger partial charge is 0.137 e. The fourth-order valence-electron chi connectivity index (χ4n) is 1.73. The van der Waals surface area contributed by atoms with Gasteiger partial charge in [-0.05, 0) is 30.2 Å². The summed E-state index contributed by atoms with van der Waals surface area (Å²) in [6, 6.07) is 5.55. The van der Waals surface area contributed by atoms with Crippen LogP contribution in [0.5, 0.6) is 5.75 Å². The number of nitrogens with two attached hydrogens (primary N) is 2. The molecule has 0 saturated carbocycles. The number of hydrogen-bond donors (Lipinski definition) is 2. The largest absolute Gasteiger partial charge is 0.495 e. The lowest BCUT2D eigenvalue weighted by molar-refractivity contribution is 0.411. The van der Waals surface area contributed by atoms with Gasteiger partial charge < -0.3 is 16.2 Å². The van der Waals surface area contributed by atoms with Crippen molar-refractivity contribution in [1.82, 2.24) is 0 Å². The molecule has 0 fully saturated rings. The Bertz CT molecular complexity index is 340. The molecule has 4 heteroatoms. The number of ether oxygens (including phenoxy) is 1. The maximum absolute atomic E-state index is 6.14. The van der Waals surface area contributed by atoms with Crippen molar-refractivity contribution >= 4 is 11.6 Å². The van der Waals surface area contributed by atoms with E-state index in [9.17, 15) is 0 Å². The Hall–Kier alpha value is -0.770. The topological polar surface area (TPSA) is 61.3 Å². The van der Waals surface area contributed by atoms with Crippen LogP contribution in [-0.2, 0) is 0 Å². The van der Waals surface area contributed by atoms with E-state index in [4.69, 9.17) is 27.8 Å². The zero-order valence-corrected chi connectivity index (χ0v) is 10.5. The Balaban J connectivity index is 2.91. The van der Waals surface area contributed by atoms with Crippen molar-refractivity contribution < 1.29 is 4.74 Å². The molecule has 0 saturated heterocycles. The average molecular weight is 243 g/mol. The zero-order chi connectivity index (χ0) is 12.1. The standard InChI is InChI=1S/C12H19ClN2O/c1-3-8(7-14)12(15)9-4-5-11(16-2)10(13)6-9/h4-6,8,12H,3,7,14-15H2,1-2H3. The van der Waals surface area contributed by atoms with E-state index in [1.807, 2.05) is 18.2 Å². The Morgan fingerprint density at radius 3 is 2.56 bits per heavy atom. The minimum Gasteiger partial charge on any atom is -0.495 e. The van der Waals surface area contributed by atoms with Crippen LogP contribution in [0.15, 0.2) is 18.2 Å². The maximum atomic E-state index is 6.14. The normalized spacial score (nSPS) is 14.6. The number of benzene rings is 1. The Morgan fingerprint density at radius 1 is 1.44 bits per heavy atom. The van der Waals surface area contributed by atoms with Crippen molar-refractivity contribution in [2.24, 2.45) is 17.4 Å². The number of rotatable bonds is 5. The van der Waals surface area contributed by atoms with E-state index in [1.165, 1.54) is 0 Å². The zero-order valence-electron chi connectivity index (χ0n) is 9.74. The Kier molecular flexibility index (Phi) is 5.06. The predicted octanol–water partition coefficient (Wildman–Crippen LogP) is 2.33. The summed E-state index contributed by atoms with van der Waals surface area (Å²) in [5.41, 5.74) is 12.8. The lowest BCUT2D eigenvalue weighted by Crippen LogP contribution is -2.27. The van der Waals surface area contributed by atoms with Crippen molar-refractivity contribution in [2.75, 3.05) is 13.7 Å². The third-order valence-corrected chi connectivity index (χ3v) is 3.19. The molecule has 0 aliphatic rings. The Morgan fingerprint density at radius 2 is 2.12 bits per heavy atom. The van der Waals surface area contributed by atoms with Gasteiger partial charge in [-0.15, -0.1) is 0 Å². The third-order valence-electron chi connectivity index (χ3n) is 2.90. The molecule has 90 valence electrons. The molecular weight excluding hydrogens is 224 g/mol. The molecule has 4 N–H and O–H groups in total. The van der Waals surface area contributed by atoms with Crippen LogP contribution in [0, 0.1) is 5.92 Å². The van der Waals surface area contributed by atoms with Crippen molar-refractivity contribution in [2.45, 2.75) is 19.4 Å². The molecule has 16 heavy (non-hydrogen) atoms. The molecule has 3 nitrogen and oxygen atoms in total. The highest BCUT2D eigenvalue weighted by molar-refractivity contribution is 6.32. The molecule has 0 heterocycles. The lowest BCUT2D eigenvalue weighted by atomic mass is 9.92. The SMILES string of the molecule is CCC(CN)C(N)c1ccc(OC)c(Cl)c1. The van der Waals surface area contributed by atoms with Gasteiger partial charge in [0.25, 0.3) is 0 Å². The maximum Gasteiger partial charge on any atom is 0.137 e. The van der Waals surface area contributed by atoms with E-state index in [-0.39, 0.29) is 12.0 Å². The molecule has 1 aromatic carbocycles. The van der Waals surface area contributed by atoms with Crippen LogP contribution in [0.2, 0.25) is 5.02 Å². The summed E-state index contributed by atoms with van der Waals surface area (Å²) in [6.45, 7) is 2.67. The molecule has 0 radical (unpaired) electrons. The molecule has 2 atom stereocenters. The monoisotopic (exact) mass is 242 g/mol. The van der Waals surface area contributed by atoms with Gasteiger partial charge in [0.15, 0.2) is 0 Å². The summed E-state index contributed by atoms with van der Waals surface area (Å²) < 4.78 is 5.10. The van der Waals surface area contributed by atoms with Gasteiger partial charge in [0.05, 0.1) is 12.1 Å². The van der Waals surface area contributed by atoms with E-state index in [2.05, 4.69) is 6.92 Å². The van der Waals surface area contributed by atoms with Crippen molar-refractivity contribution in [3.8, 4) is 5.75 Å². The Labute approximate surface area is 102 Å². The highest BCUT2D eigenvalue weighted by Crippen LogP contribution is 2.29. The molecule has 0 spiro atoms. The molecule has 1 rings (SSSR count). The first kappa shape index (κ1) is 13.3. The summed E-state index contributed by atoms with van der Waals surface area (Å²) in [5, 5.41) is 0.585. The molecule has 0 aliphatic carbocycles. The number of methoxy groups -OCH3 is 1. The minimum atomic E-state index is -0.0709. The number of halogens is 1. The third kappa shape index (κ3) is 2.88. The van der Waals surface area contributed by atoms with Gasteiger partial charge in [-0.3, -0.25) is 0 Å². The van der Waals surface area contributed by atoms with Crippen LogP contribution >= 0.6 is 11.6 Å². The summed E-state index contributed by atoms with van der Waals surface area (Å²) in [4.78, 5) is 0. The summed E-state index contributed by atoms with van der Waals surface area (Å²) in [5.74, 6) is 0.947. The second-order valence-corrected chi connectivity index (χ2v) is 4.23. The molecule has 1 aromatic rings. The molecule has 0 aliphatic heterocycles. The van der Waals surface area contributed by atoms with Crippen molar-refractivity contribution in [3.63, 3.8) is 0 Å². The summed E-state index contributed by atoms with van der Waals surface area (Å²) >= 11 is 6.05. The highest BCUT2D eigenvalue weighted by Gasteiger charge is 2.17. The molecule has 0 aromatic heterocycles. The van der Waals surface area contributed by atoms with E-state index in [0.717, 1.165) is 12.0 Å². The number of hydrogen-bond acceptors (Lipinski definition) is 3. The van der Waals surface area contributed by atoms with Gasteiger partial charge in [-0.2, -0.15) is 0 Å². The van der Waals surface area contributed by atoms with Crippen LogP contribution < -0.4 is 16.2 Å². The first-order valence-electron chi connectivity index (χ1n) is 5.43. The summed E-state index contributed by atoms with van der Waals surface area (Å²) in [7, 11) is 1.59. The quantitative estimate of drug-likeness (QED) is 0.833. The van der Waals surface area contributed by atoms with Crippen LogP contribution in [0.1, 0.15) is 24.9 Å². The van der Waals surface area contributed by atoms with E-state index in [0.29, 0.717) is 17.3 Å². The minimum absolute atomic E-state index is 0.0709. The van der Waals surface area contributed by atoms with E-state index < -0.39 is 0 Å². The fraction of sp³-hybridized carbons (Fsp3) is 0.500. The van der Waals surface area contributed by atoms with Gasteiger partial charge in [-0.25, -0.2) is 0 Å². The highest BCUT2D eigenvalue weighted by atomic mass is 35.5. The second-order valence-electron chi connectivity index (χ2n) is 3.82. The molecule has 2 unspecified atom stereocenters. The van der Waals surface area contributed by atoms with Crippen LogP contribution in [0.3, 0.4) is 0 Å². The fourth-order valence-corrected chi connectivity index (χ4v) is 2.00. The molecule has 0 amide bonds. The van der Waals surface area contributed by atoms with E-state index in [1.54, 1.807) is 7.11 Å². The molecular formula is C12H19ClN2O. The van der Waals surface area contributed by atoms with Crippen LogP contribution in [-0.4, -0.2) is 13.7 Å². The molecule has 0 bridgehead atoms. The van der Waals surface area contributed by atoms with E-state index >= 15 is 0 Å². The first-order valence-corrected chi connectivity index (χ1v) is 5.80. The average Bonchev–Trinajstić information content (AvgIpc) is 2.30. The van der Waals surface area contributed by atoms with Crippen molar-refractivity contribution in [1.29, 1.82) is 0 Å². The van der Waals surface area contributed by atoms with Crippen LogP contribution in [0.4, 0.5) is 0 Å². The van der Waals surface area contributed by atoms with Gasteiger partial charge in [0.1, 0.15) is 5.75 Å². The predicted molar refractivity (Wildman–Crippen MR) is 67.8 cm³/mol. The lowest BCUT2D eigenvalue weighted by Gasteiger charge is -2.21. The second kappa shape index (κ2) is 6.09. The van der Waals surface area contributed by atoms with Gasteiger partial charge >= 0.3 is 0 Å². The first-order chi connectivity index (χ1) is 7.63. The van der Waals surface area contributed by atoms with Gasteiger partial charge in [-0.1, -0.05) is 31.0 Å². The summed E-state index contributed by atoms with van der Waals surface area (Å²) in [6.07, 6.45) is 0.960. The van der Waals surface area contributed by atoms with Gasteiger partial charge in [0.2, 0.25) is 0 Å². The van der Waals surface area contributed by atoms with Crippen LogP contribution in [0.25, 0.3) is 0 Å². The van der Waals surface area contributed by atoms with Crippen molar-refractivity contribution in [3.05, 3.63) is 28.8 Å².